The molecule has 0 aliphatic heterocycles. The van der Waals surface area contributed by atoms with Crippen LogP contribution in [0.5, 0.6) is 0 Å². The fraction of sp³-hybridized carbons (Fsp3) is 0.619. The number of esters is 1. The lowest BCUT2D eigenvalue weighted by Crippen LogP contribution is -2.43. The molecule has 0 aliphatic carbocycles. The third-order valence-corrected chi connectivity index (χ3v) is 3.73. The SMILES string of the molecule is C[C@H](NC(=O)OC(C)(C)C)C(=O)O[C@@H](C)CC(C)(C)OCc1ccc(F)cc1. The van der Waals surface area contributed by atoms with Gasteiger partial charge in [-0.3, -0.25) is 0 Å². The number of hydrogen-bond donors (Lipinski definition) is 1. The molecule has 0 radical (unpaired) electrons. The van der Waals surface area contributed by atoms with E-state index in [1.165, 1.54) is 19.1 Å². The lowest BCUT2D eigenvalue weighted by molar-refractivity contribution is -0.154. The van der Waals surface area contributed by atoms with E-state index in [1.54, 1.807) is 39.8 Å². The van der Waals surface area contributed by atoms with E-state index in [0.717, 1.165) is 5.56 Å². The molecule has 0 aromatic heterocycles. The minimum atomic E-state index is -0.833. The van der Waals surface area contributed by atoms with E-state index >= 15 is 0 Å². The number of alkyl carbamates (subject to hydrolysis) is 1. The van der Waals surface area contributed by atoms with Crippen LogP contribution in [-0.4, -0.2) is 35.4 Å². The largest absolute Gasteiger partial charge is 0.461 e. The maximum absolute atomic E-state index is 13.0. The van der Waals surface area contributed by atoms with Crippen LogP contribution in [0, 0.1) is 5.82 Å². The van der Waals surface area contributed by atoms with Gasteiger partial charge in [-0.15, -0.1) is 0 Å². The average molecular weight is 397 g/mol. The van der Waals surface area contributed by atoms with Crippen molar-refractivity contribution in [3.63, 3.8) is 0 Å². The van der Waals surface area contributed by atoms with Gasteiger partial charge in [0.2, 0.25) is 0 Å². The van der Waals surface area contributed by atoms with Crippen molar-refractivity contribution in [1.29, 1.82) is 0 Å². The highest BCUT2D eigenvalue weighted by molar-refractivity contribution is 5.81. The van der Waals surface area contributed by atoms with Crippen molar-refractivity contribution in [2.24, 2.45) is 0 Å². The Kier molecular flexibility index (Phi) is 8.42. The number of rotatable bonds is 8. The van der Waals surface area contributed by atoms with Crippen LogP contribution in [0.1, 0.15) is 60.5 Å². The first-order valence-corrected chi connectivity index (χ1v) is 9.36. The zero-order valence-electron chi connectivity index (χ0n) is 17.8. The van der Waals surface area contributed by atoms with Gasteiger partial charge in [0.05, 0.1) is 12.2 Å². The Morgan fingerprint density at radius 2 is 1.64 bits per heavy atom. The Balaban J connectivity index is 2.45. The third kappa shape index (κ3) is 9.69. The van der Waals surface area contributed by atoms with Gasteiger partial charge < -0.3 is 19.5 Å². The predicted octanol–water partition coefficient (Wildman–Crippen LogP) is 4.36. The molecule has 1 aromatic carbocycles. The molecule has 0 saturated carbocycles. The highest BCUT2D eigenvalue weighted by atomic mass is 19.1. The Labute approximate surface area is 166 Å². The Bertz CT molecular complexity index is 652. The maximum atomic E-state index is 13.0. The second kappa shape index (κ2) is 9.87. The van der Waals surface area contributed by atoms with Crippen LogP contribution in [-0.2, 0) is 25.6 Å². The summed E-state index contributed by atoms with van der Waals surface area (Å²) < 4.78 is 29.4. The number of carbonyl (C=O) groups excluding carboxylic acids is 2. The molecule has 1 N–H and O–H groups in total. The van der Waals surface area contributed by atoms with E-state index in [0.29, 0.717) is 13.0 Å². The van der Waals surface area contributed by atoms with Crippen LogP contribution in [0.25, 0.3) is 0 Å². The molecule has 0 fully saturated rings. The Morgan fingerprint density at radius 3 is 2.18 bits per heavy atom. The van der Waals surface area contributed by atoms with Crippen molar-refractivity contribution < 1.29 is 28.2 Å². The third-order valence-electron chi connectivity index (χ3n) is 3.73. The molecule has 0 bridgehead atoms. The molecule has 1 amide bonds. The molecule has 1 aromatic rings. The zero-order chi connectivity index (χ0) is 21.5. The number of hydrogen-bond acceptors (Lipinski definition) is 5. The van der Waals surface area contributed by atoms with Crippen molar-refractivity contribution >= 4 is 12.1 Å². The molecular weight excluding hydrogens is 365 g/mol. The van der Waals surface area contributed by atoms with Crippen LogP contribution in [0.2, 0.25) is 0 Å². The average Bonchev–Trinajstić information content (AvgIpc) is 2.51. The monoisotopic (exact) mass is 397 g/mol. The van der Waals surface area contributed by atoms with Crippen LogP contribution >= 0.6 is 0 Å². The number of amides is 1. The first-order valence-electron chi connectivity index (χ1n) is 9.36. The molecule has 0 aliphatic rings. The summed E-state index contributed by atoms with van der Waals surface area (Å²) in [6, 6.07) is 5.27. The van der Waals surface area contributed by atoms with E-state index in [9.17, 15) is 14.0 Å². The number of benzene rings is 1. The van der Waals surface area contributed by atoms with Gasteiger partial charge in [-0.1, -0.05) is 12.1 Å². The summed E-state index contributed by atoms with van der Waals surface area (Å²) in [4.78, 5) is 23.9. The quantitative estimate of drug-likeness (QED) is 0.660. The van der Waals surface area contributed by atoms with E-state index in [-0.39, 0.29) is 5.82 Å². The number of carbonyl (C=O) groups is 2. The van der Waals surface area contributed by atoms with Crippen molar-refractivity contribution in [3.05, 3.63) is 35.6 Å². The molecule has 7 heteroatoms. The summed E-state index contributed by atoms with van der Waals surface area (Å²) in [5, 5.41) is 2.46. The van der Waals surface area contributed by atoms with Gasteiger partial charge in [-0.05, 0) is 66.2 Å². The molecular formula is C21H32FNO5. The van der Waals surface area contributed by atoms with Crippen LogP contribution < -0.4 is 5.32 Å². The van der Waals surface area contributed by atoms with E-state index in [4.69, 9.17) is 14.2 Å². The summed E-state index contributed by atoms with van der Waals surface area (Å²) in [6.07, 6.45) is -0.634. The van der Waals surface area contributed by atoms with Crippen molar-refractivity contribution in [3.8, 4) is 0 Å². The van der Waals surface area contributed by atoms with Crippen LogP contribution in [0.4, 0.5) is 9.18 Å². The van der Waals surface area contributed by atoms with E-state index in [2.05, 4.69) is 5.32 Å². The number of nitrogens with one attached hydrogen (secondary N) is 1. The highest BCUT2D eigenvalue weighted by Gasteiger charge is 2.27. The fourth-order valence-electron chi connectivity index (χ4n) is 2.50. The molecule has 6 nitrogen and oxygen atoms in total. The summed E-state index contributed by atoms with van der Waals surface area (Å²) in [7, 11) is 0. The number of halogens is 1. The standard InChI is InChI=1S/C21H32FNO5/c1-14(27-18(24)15(2)23-19(25)28-20(3,4)5)12-21(6,7)26-13-16-8-10-17(22)11-9-16/h8-11,14-15H,12-13H2,1-7H3,(H,23,25)/t14-,15-/m0/s1. The normalized spacial score (nSPS) is 14.1. The molecule has 158 valence electrons. The predicted molar refractivity (Wildman–Crippen MR) is 104 cm³/mol. The minimum absolute atomic E-state index is 0.294. The van der Waals surface area contributed by atoms with Crippen molar-refractivity contribution in [1.82, 2.24) is 5.32 Å². The van der Waals surface area contributed by atoms with Crippen LogP contribution in [0.3, 0.4) is 0 Å². The Hall–Kier alpha value is -2.15. The van der Waals surface area contributed by atoms with Gasteiger partial charge in [0.1, 0.15) is 23.6 Å². The number of ether oxygens (including phenoxy) is 3. The molecule has 2 atom stereocenters. The van der Waals surface area contributed by atoms with Gasteiger partial charge in [0, 0.05) is 6.42 Å². The van der Waals surface area contributed by atoms with Gasteiger partial charge >= 0.3 is 12.1 Å². The molecule has 0 unspecified atom stereocenters. The van der Waals surface area contributed by atoms with Gasteiger partial charge in [-0.25, -0.2) is 14.0 Å². The van der Waals surface area contributed by atoms with Crippen LogP contribution in [0.15, 0.2) is 24.3 Å². The maximum Gasteiger partial charge on any atom is 0.408 e. The second-order valence-electron chi connectivity index (χ2n) is 8.49. The Morgan fingerprint density at radius 1 is 1.07 bits per heavy atom. The van der Waals surface area contributed by atoms with Crippen molar-refractivity contribution in [2.45, 2.75) is 84.8 Å². The molecule has 1 rings (SSSR count). The summed E-state index contributed by atoms with van der Waals surface area (Å²) in [5.41, 5.74) is -0.350. The van der Waals surface area contributed by atoms with E-state index < -0.39 is 35.4 Å². The summed E-state index contributed by atoms with van der Waals surface area (Å²) >= 11 is 0. The highest BCUT2D eigenvalue weighted by Crippen LogP contribution is 2.21. The van der Waals surface area contributed by atoms with Crippen molar-refractivity contribution in [2.75, 3.05) is 0 Å². The first kappa shape index (κ1) is 23.9. The molecule has 0 saturated heterocycles. The smallest absolute Gasteiger partial charge is 0.408 e. The topological polar surface area (TPSA) is 73.9 Å². The summed E-state index contributed by atoms with van der Waals surface area (Å²) in [6.45, 7) is 12.6. The zero-order valence-corrected chi connectivity index (χ0v) is 17.8. The molecule has 0 heterocycles. The van der Waals surface area contributed by atoms with E-state index in [1.807, 2.05) is 13.8 Å². The lowest BCUT2D eigenvalue weighted by atomic mass is 10.0. The minimum Gasteiger partial charge on any atom is -0.461 e. The first-order chi connectivity index (χ1) is 12.8. The molecule has 0 spiro atoms. The fourth-order valence-corrected chi connectivity index (χ4v) is 2.50. The van der Waals surface area contributed by atoms with Gasteiger partial charge in [0.15, 0.2) is 0 Å². The summed E-state index contributed by atoms with van der Waals surface area (Å²) in [5.74, 6) is -0.842. The molecule has 28 heavy (non-hydrogen) atoms. The van der Waals surface area contributed by atoms with Gasteiger partial charge in [-0.2, -0.15) is 0 Å². The van der Waals surface area contributed by atoms with Gasteiger partial charge in [0.25, 0.3) is 0 Å². The lowest BCUT2D eigenvalue weighted by Gasteiger charge is -2.29. The second-order valence-corrected chi connectivity index (χ2v) is 8.49.